The first-order valence-electron chi connectivity index (χ1n) is 16.3. The molecule has 6 aliphatic rings. The number of rotatable bonds is 9. The minimum Gasteiger partial charge on any atom is -0.393 e. The third kappa shape index (κ3) is 4.25. The molecule has 5 aliphatic carbocycles. The number of carbonyl (C=O) groups is 1. The van der Waals surface area contributed by atoms with Crippen LogP contribution in [0.5, 0.6) is 0 Å². The first-order chi connectivity index (χ1) is 20.9. The number of carbonyl (C=O) groups excluding carboxylic acids is 1. The van der Waals surface area contributed by atoms with Gasteiger partial charge < -0.3 is 15.9 Å². The van der Waals surface area contributed by atoms with E-state index in [4.69, 9.17) is 5.73 Å². The molecule has 10 atom stereocenters. The second-order valence-electron chi connectivity index (χ2n) is 14.3. The molecule has 0 radical (unpaired) electrons. The summed E-state index contributed by atoms with van der Waals surface area (Å²) in [5.41, 5.74) is 8.35. The van der Waals surface area contributed by atoms with Crippen molar-refractivity contribution in [3.05, 3.63) is 108 Å². The van der Waals surface area contributed by atoms with Gasteiger partial charge in [0.15, 0.2) is 0 Å². The van der Waals surface area contributed by atoms with Crippen LogP contribution in [0, 0.1) is 29.1 Å². The fourth-order valence-electron chi connectivity index (χ4n) is 10.3. The second kappa shape index (κ2) is 10.3. The molecule has 9 rings (SSSR count). The van der Waals surface area contributed by atoms with Crippen molar-refractivity contribution in [1.29, 1.82) is 0 Å². The number of aliphatic hydroxyl groups is 2. The lowest BCUT2D eigenvalue weighted by atomic mass is 9.69. The van der Waals surface area contributed by atoms with Crippen molar-refractivity contribution in [1.82, 2.24) is 10.2 Å². The zero-order valence-electron chi connectivity index (χ0n) is 24.6. The maximum Gasteiger partial charge on any atom is 0.234 e. The number of primary amides is 1. The highest BCUT2D eigenvalue weighted by atomic mass is 16.3. The van der Waals surface area contributed by atoms with E-state index < -0.39 is 17.8 Å². The van der Waals surface area contributed by atoms with Crippen LogP contribution in [-0.4, -0.2) is 51.5 Å². The molecule has 3 aromatic rings. The smallest absolute Gasteiger partial charge is 0.234 e. The molecule has 0 aromatic heterocycles. The quantitative estimate of drug-likeness (QED) is 0.283. The number of aliphatic hydroxyl groups excluding tert-OH is 2. The number of hydrogen-bond donors (Lipinski definition) is 4. The van der Waals surface area contributed by atoms with E-state index in [1.807, 2.05) is 18.2 Å². The summed E-state index contributed by atoms with van der Waals surface area (Å²) in [6.07, 6.45) is 5.39. The van der Waals surface area contributed by atoms with Crippen molar-refractivity contribution in [2.24, 2.45) is 34.8 Å². The zero-order valence-corrected chi connectivity index (χ0v) is 24.6. The van der Waals surface area contributed by atoms with Crippen LogP contribution < -0.4 is 11.1 Å². The molecule has 5 saturated carbocycles. The van der Waals surface area contributed by atoms with Gasteiger partial charge in [0.05, 0.1) is 23.7 Å². The molecule has 6 fully saturated rings. The molecule has 1 amide bonds. The number of nitrogens with two attached hydrogens (primary N) is 1. The number of benzene rings is 3. The maximum atomic E-state index is 12.8. The van der Waals surface area contributed by atoms with Crippen LogP contribution in [0.1, 0.15) is 61.6 Å². The van der Waals surface area contributed by atoms with Crippen molar-refractivity contribution >= 4 is 5.91 Å². The summed E-state index contributed by atoms with van der Waals surface area (Å²) in [4.78, 5) is 14.9. The normalized spacial score (nSPS) is 35.8. The highest BCUT2D eigenvalue weighted by molar-refractivity contribution is 5.80. The fourth-order valence-corrected chi connectivity index (χ4v) is 10.3. The number of amides is 1. The van der Waals surface area contributed by atoms with Gasteiger partial charge >= 0.3 is 0 Å². The Hall–Kier alpha value is -3.03. The van der Waals surface area contributed by atoms with Gasteiger partial charge in [-0.2, -0.15) is 0 Å². The number of nitrogens with one attached hydrogen (secondary N) is 1. The Balaban J connectivity index is 1.33. The van der Waals surface area contributed by atoms with Gasteiger partial charge in [-0.3, -0.25) is 15.0 Å². The molecule has 6 heteroatoms. The summed E-state index contributed by atoms with van der Waals surface area (Å²) >= 11 is 0. The van der Waals surface area contributed by atoms with Gasteiger partial charge in [0, 0.05) is 6.04 Å². The summed E-state index contributed by atoms with van der Waals surface area (Å²) in [7, 11) is 0. The van der Waals surface area contributed by atoms with E-state index in [0.717, 1.165) is 61.6 Å². The SMILES string of the molecule is NC(=O)C1CC2CC2N1C(O)C(NC(c1ccccc1)(c1ccccc1)c1ccccc1)C12CC3CC(O)C(CC1C3)C2. The van der Waals surface area contributed by atoms with E-state index in [0.29, 0.717) is 17.8 Å². The van der Waals surface area contributed by atoms with E-state index >= 15 is 0 Å². The molecule has 6 nitrogen and oxygen atoms in total. The Morgan fingerprint density at radius 1 is 0.814 bits per heavy atom. The van der Waals surface area contributed by atoms with Crippen molar-refractivity contribution < 1.29 is 15.0 Å². The Kier molecular flexibility index (Phi) is 6.57. The lowest BCUT2D eigenvalue weighted by Gasteiger charge is -2.50. The van der Waals surface area contributed by atoms with E-state index in [2.05, 4.69) is 83.0 Å². The van der Waals surface area contributed by atoms with Gasteiger partial charge in [0.25, 0.3) is 0 Å². The zero-order chi connectivity index (χ0) is 29.3. The lowest BCUT2D eigenvalue weighted by Crippen LogP contribution is -2.65. The maximum absolute atomic E-state index is 12.8. The van der Waals surface area contributed by atoms with E-state index in [1.54, 1.807) is 0 Å². The highest BCUT2D eigenvalue weighted by Gasteiger charge is 2.65. The Bertz CT molecular complexity index is 1370. The predicted octanol–water partition coefficient (Wildman–Crippen LogP) is 4.39. The Morgan fingerprint density at radius 2 is 1.40 bits per heavy atom. The standard InChI is InChI=1S/C37H43N3O3/c38-34(42)31-20-24-19-30(24)40(31)35(43)33(36-21-23-16-29(36)18-25(22-36)32(41)17-23)39-37(26-10-4-1-5-11-26,27-12-6-2-7-13-27)28-14-8-3-9-15-28/h1-15,23-25,29-33,35,39,41,43H,16-22H2,(H2,38,42). The minimum absolute atomic E-state index is 0.191. The van der Waals surface area contributed by atoms with Crippen LogP contribution in [0.2, 0.25) is 0 Å². The molecule has 224 valence electrons. The predicted molar refractivity (Wildman–Crippen MR) is 165 cm³/mol. The first-order valence-corrected chi connectivity index (χ1v) is 16.3. The van der Waals surface area contributed by atoms with Gasteiger partial charge in [0.1, 0.15) is 6.23 Å². The molecule has 0 spiro atoms. The summed E-state index contributed by atoms with van der Waals surface area (Å²) < 4.78 is 0. The van der Waals surface area contributed by atoms with E-state index in [9.17, 15) is 15.0 Å². The van der Waals surface area contributed by atoms with Crippen LogP contribution in [0.3, 0.4) is 0 Å². The molecular formula is C37H43N3O3. The average Bonchev–Trinajstić information content (AvgIpc) is 3.47. The molecule has 1 heterocycles. The van der Waals surface area contributed by atoms with E-state index in [1.165, 1.54) is 0 Å². The Labute approximate surface area is 254 Å². The number of likely N-dealkylation sites (tertiary alicyclic amines) is 1. The number of fused-ring (bicyclic) bond motifs is 2. The molecular weight excluding hydrogens is 534 g/mol. The fraction of sp³-hybridized carbons (Fsp3) is 0.486. The summed E-state index contributed by atoms with van der Waals surface area (Å²) in [6.45, 7) is 0. The molecule has 43 heavy (non-hydrogen) atoms. The van der Waals surface area contributed by atoms with Crippen LogP contribution in [0.25, 0.3) is 0 Å². The largest absolute Gasteiger partial charge is 0.393 e. The second-order valence-corrected chi connectivity index (χ2v) is 14.3. The van der Waals surface area contributed by atoms with Crippen LogP contribution in [-0.2, 0) is 10.3 Å². The molecule has 5 N–H and O–H groups in total. The average molecular weight is 578 g/mol. The van der Waals surface area contributed by atoms with Crippen molar-refractivity contribution in [2.75, 3.05) is 0 Å². The first kappa shape index (κ1) is 27.5. The number of hydrogen-bond acceptors (Lipinski definition) is 5. The van der Waals surface area contributed by atoms with Crippen LogP contribution >= 0.6 is 0 Å². The molecule has 3 aromatic carbocycles. The lowest BCUT2D eigenvalue weighted by molar-refractivity contribution is -0.133. The Morgan fingerprint density at radius 3 is 1.95 bits per heavy atom. The third-order valence-electron chi connectivity index (χ3n) is 12.1. The van der Waals surface area contributed by atoms with Crippen LogP contribution in [0.15, 0.2) is 91.0 Å². The minimum atomic E-state index is -0.888. The van der Waals surface area contributed by atoms with Gasteiger partial charge in [-0.15, -0.1) is 0 Å². The summed E-state index contributed by atoms with van der Waals surface area (Å²) in [5, 5.41) is 28.2. The van der Waals surface area contributed by atoms with E-state index in [-0.39, 0.29) is 35.4 Å². The molecule has 1 aliphatic heterocycles. The molecule has 4 bridgehead atoms. The van der Waals surface area contributed by atoms with Crippen molar-refractivity contribution in [3.63, 3.8) is 0 Å². The highest BCUT2D eigenvalue weighted by Crippen LogP contribution is 2.66. The number of piperidine rings is 1. The van der Waals surface area contributed by atoms with Crippen molar-refractivity contribution in [3.8, 4) is 0 Å². The van der Waals surface area contributed by atoms with Gasteiger partial charge in [-0.25, -0.2) is 0 Å². The molecule has 1 saturated heterocycles. The third-order valence-corrected chi connectivity index (χ3v) is 12.1. The number of nitrogens with zero attached hydrogens (tertiary/aromatic N) is 1. The van der Waals surface area contributed by atoms with Gasteiger partial charge in [-0.1, -0.05) is 91.0 Å². The van der Waals surface area contributed by atoms with Gasteiger partial charge in [0.2, 0.25) is 5.91 Å². The van der Waals surface area contributed by atoms with Crippen molar-refractivity contribution in [2.45, 2.75) is 80.9 Å². The summed E-state index contributed by atoms with van der Waals surface area (Å²) in [6, 6.07) is 31.2. The van der Waals surface area contributed by atoms with Crippen LogP contribution in [0.4, 0.5) is 0 Å². The topological polar surface area (TPSA) is 98.8 Å². The summed E-state index contributed by atoms with van der Waals surface area (Å²) in [5.74, 6) is 1.19. The van der Waals surface area contributed by atoms with Gasteiger partial charge in [-0.05, 0) is 90.7 Å². The molecule has 10 unspecified atom stereocenters. The monoisotopic (exact) mass is 577 g/mol.